The maximum atomic E-state index is 3.38. The highest BCUT2D eigenvalue weighted by Gasteiger charge is 2.00. The standard InChI is InChI=1S/C12H9N.C6H4BrSi/c1-3-7-11-9(5-1)10-6-2-4-8-12(10)13-11;7-5-1-3-6(8)4-2-5/h1-8,13H;1-4H. The Labute approximate surface area is 135 Å². The Bertz CT molecular complexity index is 794. The Morgan fingerprint density at radius 1 is 0.667 bits per heavy atom. The van der Waals surface area contributed by atoms with E-state index in [9.17, 15) is 0 Å². The molecule has 0 aliphatic carbocycles. The summed E-state index contributed by atoms with van der Waals surface area (Å²) < 4.78 is 1.11. The van der Waals surface area contributed by atoms with E-state index < -0.39 is 0 Å². The van der Waals surface area contributed by atoms with Gasteiger partial charge in [-0.1, -0.05) is 69.6 Å². The first-order chi connectivity index (χ1) is 10.2. The number of aromatic amines is 1. The van der Waals surface area contributed by atoms with Gasteiger partial charge >= 0.3 is 0 Å². The minimum atomic E-state index is 1.10. The molecule has 1 N–H and O–H groups in total. The van der Waals surface area contributed by atoms with Crippen LogP contribution in [0.4, 0.5) is 0 Å². The largest absolute Gasteiger partial charge is 0.355 e. The molecule has 3 heteroatoms. The summed E-state index contributed by atoms with van der Waals surface area (Å²) in [6, 6.07) is 24.7. The normalized spacial score (nSPS) is 10.4. The molecule has 3 radical (unpaired) electrons. The lowest BCUT2D eigenvalue weighted by atomic mass is 10.2. The van der Waals surface area contributed by atoms with Crippen molar-refractivity contribution >= 4 is 53.2 Å². The Balaban J connectivity index is 0.000000143. The molecule has 0 unspecified atom stereocenters. The molecule has 1 heterocycles. The van der Waals surface area contributed by atoms with Crippen molar-refractivity contribution in [2.75, 3.05) is 0 Å². The molecule has 3 aromatic carbocycles. The molecule has 0 atom stereocenters. The number of rotatable bonds is 0. The van der Waals surface area contributed by atoms with Crippen LogP contribution in [-0.2, 0) is 0 Å². The van der Waals surface area contributed by atoms with Gasteiger partial charge in [0.15, 0.2) is 0 Å². The first kappa shape index (κ1) is 14.1. The molecule has 4 aromatic rings. The van der Waals surface area contributed by atoms with Gasteiger partial charge < -0.3 is 4.98 Å². The average molecular weight is 351 g/mol. The molecule has 0 saturated heterocycles. The lowest BCUT2D eigenvalue weighted by Crippen LogP contribution is -1.97. The van der Waals surface area contributed by atoms with Gasteiger partial charge in [-0.2, -0.15) is 0 Å². The van der Waals surface area contributed by atoms with E-state index in [4.69, 9.17) is 0 Å². The predicted molar refractivity (Wildman–Crippen MR) is 95.3 cm³/mol. The second-order valence-electron chi connectivity index (χ2n) is 4.72. The average Bonchev–Trinajstić information content (AvgIpc) is 2.90. The summed E-state index contributed by atoms with van der Waals surface area (Å²) in [5.74, 6) is 0. The molecule has 0 saturated carbocycles. The predicted octanol–water partition coefficient (Wildman–Crippen LogP) is 4.56. The number of para-hydroxylation sites is 2. The van der Waals surface area contributed by atoms with E-state index in [-0.39, 0.29) is 0 Å². The molecule has 0 spiro atoms. The van der Waals surface area contributed by atoms with Crippen LogP contribution >= 0.6 is 15.9 Å². The van der Waals surface area contributed by atoms with Crippen LogP contribution in [-0.4, -0.2) is 15.2 Å². The molecule has 4 rings (SSSR count). The topological polar surface area (TPSA) is 15.8 Å². The van der Waals surface area contributed by atoms with Gasteiger partial charge in [0.05, 0.1) is 10.2 Å². The molecular weight excluding hydrogens is 338 g/mol. The van der Waals surface area contributed by atoms with Crippen LogP contribution in [0.1, 0.15) is 0 Å². The molecule has 0 aliphatic rings. The van der Waals surface area contributed by atoms with E-state index in [0.717, 1.165) is 9.66 Å². The maximum Gasteiger partial charge on any atom is 0.0711 e. The van der Waals surface area contributed by atoms with Gasteiger partial charge in [-0.25, -0.2) is 0 Å². The quantitative estimate of drug-likeness (QED) is 0.447. The zero-order chi connectivity index (χ0) is 14.7. The van der Waals surface area contributed by atoms with E-state index in [0.29, 0.717) is 0 Å². The van der Waals surface area contributed by atoms with Crippen molar-refractivity contribution in [3.05, 3.63) is 77.3 Å². The molecule has 1 nitrogen and oxygen atoms in total. The lowest BCUT2D eigenvalue weighted by molar-refractivity contribution is 1.55. The number of aromatic nitrogens is 1. The van der Waals surface area contributed by atoms with Crippen molar-refractivity contribution in [3.63, 3.8) is 0 Å². The monoisotopic (exact) mass is 350 g/mol. The molecule has 101 valence electrons. The summed E-state index contributed by atoms with van der Waals surface area (Å²) in [6.07, 6.45) is 0. The van der Waals surface area contributed by atoms with Crippen LogP contribution in [0, 0.1) is 0 Å². The smallest absolute Gasteiger partial charge is 0.0711 e. The number of hydrogen-bond donors (Lipinski definition) is 1. The fraction of sp³-hybridized carbons (Fsp3) is 0. The highest BCUT2D eigenvalue weighted by molar-refractivity contribution is 9.10. The fourth-order valence-corrected chi connectivity index (χ4v) is 2.68. The summed E-state index contributed by atoms with van der Waals surface area (Å²) >= 11 is 3.32. The van der Waals surface area contributed by atoms with Crippen LogP contribution in [0.15, 0.2) is 77.3 Å². The zero-order valence-corrected chi connectivity index (χ0v) is 13.9. The van der Waals surface area contributed by atoms with Gasteiger partial charge in [-0.15, -0.1) is 0 Å². The summed E-state index contributed by atoms with van der Waals surface area (Å²) in [6.45, 7) is 0. The van der Waals surface area contributed by atoms with Gasteiger partial charge in [0.2, 0.25) is 0 Å². The first-order valence-corrected chi connectivity index (χ1v) is 7.96. The molecule has 0 fully saturated rings. The van der Waals surface area contributed by atoms with Crippen molar-refractivity contribution < 1.29 is 0 Å². The van der Waals surface area contributed by atoms with Crippen LogP contribution in [0.25, 0.3) is 21.8 Å². The number of fused-ring (bicyclic) bond motifs is 3. The van der Waals surface area contributed by atoms with Crippen molar-refractivity contribution in [2.45, 2.75) is 0 Å². The van der Waals surface area contributed by atoms with Gasteiger partial charge in [0, 0.05) is 26.3 Å². The Hall–Kier alpha value is -1.84. The van der Waals surface area contributed by atoms with E-state index in [1.165, 1.54) is 21.8 Å². The number of benzene rings is 3. The van der Waals surface area contributed by atoms with E-state index >= 15 is 0 Å². The number of H-pyrrole nitrogens is 1. The Kier molecular flexibility index (Phi) is 4.22. The van der Waals surface area contributed by atoms with Crippen molar-refractivity contribution in [1.82, 2.24) is 4.98 Å². The Morgan fingerprint density at radius 3 is 1.62 bits per heavy atom. The van der Waals surface area contributed by atoms with Gasteiger partial charge in [-0.05, 0) is 24.3 Å². The van der Waals surface area contributed by atoms with Crippen LogP contribution < -0.4 is 5.19 Å². The third-order valence-corrected chi connectivity index (χ3v) is 4.12. The maximum absolute atomic E-state index is 3.38. The van der Waals surface area contributed by atoms with E-state index in [2.05, 4.69) is 79.7 Å². The summed E-state index contributed by atoms with van der Waals surface area (Å²) in [5, 5.41) is 3.71. The molecule has 0 aliphatic heterocycles. The zero-order valence-electron chi connectivity index (χ0n) is 11.3. The van der Waals surface area contributed by atoms with Crippen LogP contribution in [0.2, 0.25) is 0 Å². The highest BCUT2D eigenvalue weighted by Crippen LogP contribution is 2.24. The third kappa shape index (κ3) is 3.26. The second kappa shape index (κ2) is 6.29. The number of hydrogen-bond acceptors (Lipinski definition) is 0. The molecular formula is C18H13BrNSi. The van der Waals surface area contributed by atoms with Crippen molar-refractivity contribution in [2.24, 2.45) is 0 Å². The van der Waals surface area contributed by atoms with Crippen molar-refractivity contribution in [3.8, 4) is 0 Å². The fourth-order valence-electron chi connectivity index (χ4n) is 2.25. The summed E-state index contributed by atoms with van der Waals surface area (Å²) in [7, 11) is 3.37. The summed E-state index contributed by atoms with van der Waals surface area (Å²) in [5.41, 5.74) is 2.42. The SMILES string of the molecule is [Si]c1ccc(Br)cc1.c1ccc2c(c1)[nH]c1ccccc12. The van der Waals surface area contributed by atoms with Gasteiger partial charge in [0.1, 0.15) is 0 Å². The molecule has 1 aromatic heterocycles. The highest BCUT2D eigenvalue weighted by atomic mass is 79.9. The third-order valence-electron chi connectivity index (χ3n) is 3.26. The van der Waals surface area contributed by atoms with Gasteiger partial charge in [-0.3, -0.25) is 0 Å². The van der Waals surface area contributed by atoms with Crippen LogP contribution in [0.5, 0.6) is 0 Å². The second-order valence-corrected chi connectivity index (χ2v) is 6.22. The molecule has 0 amide bonds. The minimum Gasteiger partial charge on any atom is -0.355 e. The number of nitrogens with one attached hydrogen (secondary N) is 1. The first-order valence-electron chi connectivity index (χ1n) is 6.67. The lowest BCUT2D eigenvalue weighted by Gasteiger charge is -1.88. The molecule has 0 bridgehead atoms. The Morgan fingerprint density at radius 2 is 1.14 bits per heavy atom. The minimum absolute atomic E-state index is 1.10. The van der Waals surface area contributed by atoms with E-state index in [1.54, 1.807) is 0 Å². The van der Waals surface area contributed by atoms with Crippen LogP contribution in [0.3, 0.4) is 0 Å². The van der Waals surface area contributed by atoms with Crippen molar-refractivity contribution in [1.29, 1.82) is 0 Å². The van der Waals surface area contributed by atoms with E-state index in [1.807, 2.05) is 24.3 Å². The summed E-state index contributed by atoms with van der Waals surface area (Å²) in [4.78, 5) is 3.38. The van der Waals surface area contributed by atoms with Gasteiger partial charge in [0.25, 0.3) is 0 Å². The molecule has 21 heavy (non-hydrogen) atoms. The number of halogens is 1.